The molecule has 0 aliphatic carbocycles. The lowest BCUT2D eigenvalue weighted by molar-refractivity contribution is 0.0558. The molecular weight excluding hydrogens is 308 g/mol. The maximum Gasteiger partial charge on any atom is 0.317 e. The largest absolute Gasteiger partial charge is 0.472 e. The average Bonchev–Trinajstić information content (AvgIpc) is 2.52. The normalized spacial score (nSPS) is 20.8. The van der Waals surface area contributed by atoms with Crippen LogP contribution in [0, 0.1) is 5.92 Å². The van der Waals surface area contributed by atoms with Gasteiger partial charge in [-0.05, 0) is 26.0 Å². The SMILES string of the molecule is CC(C)NC(=O)N(C)C[C@@H]1Oc2ncccc2C(=O)N(C)C[C@H]1C. The summed E-state index contributed by atoms with van der Waals surface area (Å²) in [5, 5.41) is 2.86. The standard InChI is InChI=1S/C17H26N4O3/c1-11(2)19-17(23)21(5)10-14-12(3)9-20(4)16(22)13-7-6-8-18-15(13)24-14/h6-8,11-12,14H,9-10H2,1-5H3,(H,19,23)/t12-,14+/m1/s1. The molecule has 7 heteroatoms. The fourth-order valence-electron chi connectivity index (χ4n) is 2.67. The number of amides is 3. The summed E-state index contributed by atoms with van der Waals surface area (Å²) in [4.78, 5) is 32.0. The van der Waals surface area contributed by atoms with Crippen molar-refractivity contribution in [2.45, 2.75) is 32.9 Å². The minimum Gasteiger partial charge on any atom is -0.472 e. The highest BCUT2D eigenvalue weighted by atomic mass is 16.5. The number of hydrogen-bond donors (Lipinski definition) is 1. The molecule has 7 nitrogen and oxygen atoms in total. The fourth-order valence-corrected chi connectivity index (χ4v) is 2.67. The molecule has 0 spiro atoms. The summed E-state index contributed by atoms with van der Waals surface area (Å²) in [6.07, 6.45) is 1.35. The molecule has 0 radical (unpaired) electrons. The zero-order chi connectivity index (χ0) is 17.9. The Morgan fingerprint density at radius 2 is 2.25 bits per heavy atom. The second-order valence-electron chi connectivity index (χ2n) is 6.66. The van der Waals surface area contributed by atoms with Crippen LogP contribution in [0.5, 0.6) is 5.88 Å². The number of nitrogens with zero attached hydrogens (tertiary/aromatic N) is 3. The smallest absolute Gasteiger partial charge is 0.317 e. The van der Waals surface area contributed by atoms with Gasteiger partial charge in [0.2, 0.25) is 5.88 Å². The summed E-state index contributed by atoms with van der Waals surface area (Å²) in [6, 6.07) is 3.36. The second-order valence-corrected chi connectivity index (χ2v) is 6.66. The number of fused-ring (bicyclic) bond motifs is 1. The lowest BCUT2D eigenvalue weighted by Crippen LogP contribution is -2.49. The summed E-state index contributed by atoms with van der Waals surface area (Å²) in [6.45, 7) is 6.81. The molecule has 0 aromatic carbocycles. The van der Waals surface area contributed by atoms with Gasteiger partial charge in [0, 0.05) is 38.8 Å². The van der Waals surface area contributed by atoms with Crippen LogP contribution in [0.15, 0.2) is 18.3 Å². The van der Waals surface area contributed by atoms with Gasteiger partial charge < -0.3 is 19.9 Å². The van der Waals surface area contributed by atoms with E-state index in [1.54, 1.807) is 42.2 Å². The van der Waals surface area contributed by atoms with Crippen molar-refractivity contribution >= 4 is 11.9 Å². The Morgan fingerprint density at radius 3 is 2.92 bits per heavy atom. The predicted octanol–water partition coefficient (Wildman–Crippen LogP) is 1.60. The van der Waals surface area contributed by atoms with Crippen molar-refractivity contribution in [3.8, 4) is 5.88 Å². The number of carbonyl (C=O) groups excluding carboxylic acids is 2. The highest BCUT2D eigenvalue weighted by Crippen LogP contribution is 2.24. The van der Waals surface area contributed by atoms with Crippen molar-refractivity contribution in [2.75, 3.05) is 27.2 Å². The molecule has 132 valence electrons. The number of likely N-dealkylation sites (N-methyl/N-ethyl adjacent to an activating group) is 1. The van der Waals surface area contributed by atoms with Crippen molar-refractivity contribution in [1.82, 2.24) is 20.1 Å². The van der Waals surface area contributed by atoms with Crippen LogP contribution in [0.25, 0.3) is 0 Å². The maximum atomic E-state index is 12.4. The number of ether oxygens (including phenoxy) is 1. The van der Waals surface area contributed by atoms with Gasteiger partial charge >= 0.3 is 6.03 Å². The van der Waals surface area contributed by atoms with Gasteiger partial charge in [0.05, 0.1) is 6.54 Å². The van der Waals surface area contributed by atoms with Crippen LogP contribution in [-0.2, 0) is 0 Å². The lowest BCUT2D eigenvalue weighted by Gasteiger charge is -2.34. The quantitative estimate of drug-likeness (QED) is 0.911. The Balaban J connectivity index is 2.19. The molecule has 1 aromatic heterocycles. The van der Waals surface area contributed by atoms with Crippen molar-refractivity contribution < 1.29 is 14.3 Å². The summed E-state index contributed by atoms with van der Waals surface area (Å²) < 4.78 is 6.01. The van der Waals surface area contributed by atoms with Crippen LogP contribution in [-0.4, -0.2) is 66.1 Å². The van der Waals surface area contributed by atoms with Gasteiger partial charge in [0.15, 0.2) is 0 Å². The van der Waals surface area contributed by atoms with Crippen LogP contribution in [0.3, 0.4) is 0 Å². The Morgan fingerprint density at radius 1 is 1.54 bits per heavy atom. The molecule has 1 aromatic rings. The number of pyridine rings is 1. The molecule has 3 amide bonds. The molecule has 2 rings (SSSR count). The average molecular weight is 334 g/mol. The minimum absolute atomic E-state index is 0.0587. The predicted molar refractivity (Wildman–Crippen MR) is 91.1 cm³/mol. The van der Waals surface area contributed by atoms with Crippen LogP contribution in [0.1, 0.15) is 31.1 Å². The zero-order valence-electron chi connectivity index (χ0n) is 14.9. The summed E-state index contributed by atoms with van der Waals surface area (Å²) in [7, 11) is 3.51. The highest BCUT2D eigenvalue weighted by Gasteiger charge is 2.31. The second kappa shape index (κ2) is 7.51. The third-order valence-electron chi connectivity index (χ3n) is 4.02. The van der Waals surface area contributed by atoms with Crippen molar-refractivity contribution in [3.63, 3.8) is 0 Å². The van der Waals surface area contributed by atoms with Gasteiger partial charge in [0.1, 0.15) is 11.7 Å². The number of aromatic nitrogens is 1. The number of carbonyl (C=O) groups is 2. The molecule has 2 heterocycles. The maximum absolute atomic E-state index is 12.4. The van der Waals surface area contributed by atoms with E-state index in [0.717, 1.165) is 0 Å². The topological polar surface area (TPSA) is 74.8 Å². The molecule has 1 aliphatic rings. The van der Waals surface area contributed by atoms with E-state index in [0.29, 0.717) is 24.5 Å². The monoisotopic (exact) mass is 334 g/mol. The van der Waals surface area contributed by atoms with E-state index in [-0.39, 0.29) is 30.0 Å². The van der Waals surface area contributed by atoms with Crippen molar-refractivity contribution in [1.29, 1.82) is 0 Å². The Bertz CT molecular complexity index is 605. The van der Waals surface area contributed by atoms with Crippen LogP contribution >= 0.6 is 0 Å². The van der Waals surface area contributed by atoms with Gasteiger partial charge in [-0.2, -0.15) is 0 Å². The zero-order valence-corrected chi connectivity index (χ0v) is 14.9. The lowest BCUT2D eigenvalue weighted by atomic mass is 10.0. The summed E-state index contributed by atoms with van der Waals surface area (Å²) in [5.74, 6) is 0.279. The first-order valence-electron chi connectivity index (χ1n) is 8.18. The number of rotatable bonds is 3. The minimum atomic E-state index is -0.253. The molecule has 2 atom stereocenters. The molecule has 0 unspecified atom stereocenters. The van der Waals surface area contributed by atoms with E-state index in [4.69, 9.17) is 4.74 Å². The molecular formula is C17H26N4O3. The van der Waals surface area contributed by atoms with Crippen LogP contribution < -0.4 is 10.1 Å². The first-order chi connectivity index (χ1) is 11.3. The molecule has 1 aliphatic heterocycles. The van der Waals surface area contributed by atoms with Gasteiger partial charge in [-0.1, -0.05) is 6.92 Å². The molecule has 24 heavy (non-hydrogen) atoms. The van der Waals surface area contributed by atoms with Gasteiger partial charge in [0.25, 0.3) is 5.91 Å². The highest BCUT2D eigenvalue weighted by molar-refractivity contribution is 5.96. The first kappa shape index (κ1) is 18.0. The van der Waals surface area contributed by atoms with E-state index < -0.39 is 0 Å². The summed E-state index contributed by atoms with van der Waals surface area (Å²) >= 11 is 0. The molecule has 0 fully saturated rings. The molecule has 0 saturated heterocycles. The Labute approximate surface area is 143 Å². The van der Waals surface area contributed by atoms with E-state index in [2.05, 4.69) is 10.3 Å². The van der Waals surface area contributed by atoms with Crippen LogP contribution in [0.2, 0.25) is 0 Å². The molecule has 0 saturated carbocycles. The Kier molecular flexibility index (Phi) is 5.64. The fraction of sp³-hybridized carbons (Fsp3) is 0.588. The van der Waals surface area contributed by atoms with E-state index in [1.807, 2.05) is 20.8 Å². The third kappa shape index (κ3) is 4.15. The van der Waals surface area contributed by atoms with E-state index >= 15 is 0 Å². The first-order valence-corrected chi connectivity index (χ1v) is 8.18. The van der Waals surface area contributed by atoms with Crippen LogP contribution in [0.4, 0.5) is 4.79 Å². The van der Waals surface area contributed by atoms with E-state index in [9.17, 15) is 9.59 Å². The van der Waals surface area contributed by atoms with Gasteiger partial charge in [-0.3, -0.25) is 4.79 Å². The Hall–Kier alpha value is -2.31. The molecule has 1 N–H and O–H groups in total. The van der Waals surface area contributed by atoms with Crippen molar-refractivity contribution in [3.05, 3.63) is 23.9 Å². The number of nitrogens with one attached hydrogen (secondary N) is 1. The summed E-state index contributed by atoms with van der Waals surface area (Å²) in [5.41, 5.74) is 0.450. The van der Waals surface area contributed by atoms with Crippen molar-refractivity contribution in [2.24, 2.45) is 5.92 Å². The number of urea groups is 1. The third-order valence-corrected chi connectivity index (χ3v) is 4.02. The number of hydrogen-bond acceptors (Lipinski definition) is 4. The molecule has 0 bridgehead atoms. The van der Waals surface area contributed by atoms with Gasteiger partial charge in [-0.15, -0.1) is 0 Å². The van der Waals surface area contributed by atoms with Gasteiger partial charge in [-0.25, -0.2) is 9.78 Å². The van der Waals surface area contributed by atoms with E-state index in [1.165, 1.54) is 0 Å².